The number of amidine groups is 1. The van der Waals surface area contributed by atoms with E-state index in [0.29, 0.717) is 6.41 Å². The predicted octanol–water partition coefficient (Wildman–Crippen LogP) is -1.50. The van der Waals surface area contributed by atoms with Crippen LogP contribution < -0.4 is 5.32 Å². The van der Waals surface area contributed by atoms with E-state index in [2.05, 4.69) is 10.5 Å². The van der Waals surface area contributed by atoms with Gasteiger partial charge >= 0.3 is 5.97 Å². The van der Waals surface area contributed by atoms with Gasteiger partial charge in [0.05, 0.1) is 0 Å². The molecule has 0 saturated carbocycles. The fourth-order valence-electron chi connectivity index (χ4n) is 1.38. The van der Waals surface area contributed by atoms with E-state index < -0.39 is 29.9 Å². The van der Waals surface area contributed by atoms with Crippen molar-refractivity contribution in [1.29, 1.82) is 0 Å². The van der Waals surface area contributed by atoms with E-state index in [4.69, 9.17) is 22.5 Å². The SMILES string of the molecule is [B]C(O)C(COC(=O)C(C)(C)O)OC(C)N(C)/C=C\C(=NO)NC=O. The van der Waals surface area contributed by atoms with Crippen molar-refractivity contribution in [2.45, 2.75) is 44.7 Å². The molecule has 10 nitrogen and oxygen atoms in total. The minimum atomic E-state index is -1.68. The molecule has 0 aromatic rings. The highest BCUT2D eigenvalue weighted by Gasteiger charge is 2.28. The Balaban J connectivity index is 4.72. The third kappa shape index (κ3) is 9.08. The Hall–Kier alpha value is -2.11. The zero-order valence-electron chi connectivity index (χ0n) is 14.6. The summed E-state index contributed by atoms with van der Waals surface area (Å²) < 4.78 is 10.4. The number of oxime groups is 1. The van der Waals surface area contributed by atoms with Gasteiger partial charge in [0.2, 0.25) is 6.41 Å². The van der Waals surface area contributed by atoms with Gasteiger partial charge in [-0.3, -0.25) is 4.79 Å². The molecule has 3 atom stereocenters. The Morgan fingerprint density at radius 2 is 2.08 bits per heavy atom. The molecule has 0 saturated heterocycles. The first-order valence-electron chi connectivity index (χ1n) is 7.34. The highest BCUT2D eigenvalue weighted by atomic mass is 16.6. The van der Waals surface area contributed by atoms with Crippen molar-refractivity contribution in [1.82, 2.24) is 10.2 Å². The first-order chi connectivity index (χ1) is 11.5. The van der Waals surface area contributed by atoms with Crippen molar-refractivity contribution in [3.05, 3.63) is 12.3 Å². The molecule has 140 valence electrons. The first kappa shape index (κ1) is 22.9. The number of carbonyl (C=O) groups excluding carboxylic acids is 2. The molecule has 0 fully saturated rings. The van der Waals surface area contributed by atoms with E-state index in [1.54, 1.807) is 14.0 Å². The fraction of sp³-hybridized carbons (Fsp3) is 0.643. The van der Waals surface area contributed by atoms with Gasteiger partial charge in [-0.05, 0) is 20.8 Å². The van der Waals surface area contributed by atoms with Crippen molar-refractivity contribution in [2.24, 2.45) is 5.16 Å². The van der Waals surface area contributed by atoms with Crippen LogP contribution in [0.3, 0.4) is 0 Å². The van der Waals surface area contributed by atoms with Crippen LogP contribution in [0.2, 0.25) is 0 Å². The van der Waals surface area contributed by atoms with Crippen molar-refractivity contribution in [2.75, 3.05) is 13.7 Å². The maximum Gasteiger partial charge on any atom is 0.337 e. The van der Waals surface area contributed by atoms with Gasteiger partial charge in [0, 0.05) is 25.3 Å². The fourth-order valence-corrected chi connectivity index (χ4v) is 1.38. The lowest BCUT2D eigenvalue weighted by atomic mass is 9.95. The summed E-state index contributed by atoms with van der Waals surface area (Å²) in [7, 11) is 7.01. The summed E-state index contributed by atoms with van der Waals surface area (Å²) in [6.45, 7) is 3.79. The van der Waals surface area contributed by atoms with E-state index in [0.717, 1.165) is 0 Å². The Kier molecular flexibility index (Phi) is 9.80. The zero-order valence-corrected chi connectivity index (χ0v) is 14.6. The van der Waals surface area contributed by atoms with Crippen LogP contribution in [0, 0.1) is 0 Å². The zero-order chi connectivity index (χ0) is 19.6. The third-order valence-electron chi connectivity index (χ3n) is 2.99. The van der Waals surface area contributed by atoms with Crippen LogP contribution in [0.4, 0.5) is 0 Å². The molecule has 0 rings (SSSR count). The Bertz CT molecular complexity index is 491. The van der Waals surface area contributed by atoms with Crippen LogP contribution in [-0.4, -0.2) is 84.0 Å². The summed E-state index contributed by atoms with van der Waals surface area (Å²) in [5.41, 5.74) is -1.68. The Morgan fingerprint density at radius 3 is 2.52 bits per heavy atom. The van der Waals surface area contributed by atoms with Crippen LogP contribution in [0.5, 0.6) is 0 Å². The minimum Gasteiger partial charge on any atom is -0.461 e. The smallest absolute Gasteiger partial charge is 0.337 e. The normalized spacial score (nSPS) is 16.2. The number of nitrogens with zero attached hydrogens (tertiary/aromatic N) is 2. The molecule has 0 spiro atoms. The summed E-state index contributed by atoms with van der Waals surface area (Å²) >= 11 is 0. The van der Waals surface area contributed by atoms with Crippen molar-refractivity contribution >= 4 is 26.1 Å². The van der Waals surface area contributed by atoms with Gasteiger partial charge in [-0.2, -0.15) is 0 Å². The molecule has 11 heteroatoms. The van der Waals surface area contributed by atoms with Gasteiger partial charge in [-0.1, -0.05) is 5.16 Å². The number of rotatable bonds is 10. The van der Waals surface area contributed by atoms with E-state index in [1.165, 1.54) is 31.0 Å². The monoisotopic (exact) mass is 357 g/mol. The van der Waals surface area contributed by atoms with Crippen LogP contribution in [0.15, 0.2) is 17.4 Å². The maximum absolute atomic E-state index is 11.5. The van der Waals surface area contributed by atoms with Crippen LogP contribution in [0.25, 0.3) is 0 Å². The quantitative estimate of drug-likeness (QED) is 0.0541. The highest BCUT2D eigenvalue weighted by molar-refractivity contribution is 6.11. The molecular formula is C14H24BN3O7. The molecular weight excluding hydrogens is 333 g/mol. The van der Waals surface area contributed by atoms with Gasteiger partial charge in [-0.15, -0.1) is 0 Å². The summed E-state index contributed by atoms with van der Waals surface area (Å²) in [5.74, 6) is -0.977. The molecule has 0 bridgehead atoms. The molecule has 4 N–H and O–H groups in total. The predicted molar refractivity (Wildman–Crippen MR) is 88.7 cm³/mol. The molecule has 0 aromatic carbocycles. The van der Waals surface area contributed by atoms with Crippen molar-refractivity contribution in [3.8, 4) is 0 Å². The van der Waals surface area contributed by atoms with Gasteiger partial charge < -0.3 is 35.1 Å². The van der Waals surface area contributed by atoms with E-state index in [-0.39, 0.29) is 12.4 Å². The summed E-state index contributed by atoms with van der Waals surface area (Å²) in [6.07, 6.45) is 1.42. The molecule has 0 aliphatic carbocycles. The third-order valence-corrected chi connectivity index (χ3v) is 2.99. The van der Waals surface area contributed by atoms with Gasteiger partial charge in [0.15, 0.2) is 11.4 Å². The summed E-state index contributed by atoms with van der Waals surface area (Å²) in [4.78, 5) is 23.4. The minimum absolute atomic E-state index is 0.0939. The Labute approximate surface area is 147 Å². The summed E-state index contributed by atoms with van der Waals surface area (Å²) in [6, 6.07) is -1.43. The van der Waals surface area contributed by atoms with E-state index in [9.17, 15) is 19.8 Å². The van der Waals surface area contributed by atoms with Crippen LogP contribution >= 0.6 is 0 Å². The maximum atomic E-state index is 11.5. The first-order valence-corrected chi connectivity index (χ1v) is 7.34. The molecule has 1 amide bonds. The topological polar surface area (TPSA) is 141 Å². The average Bonchev–Trinajstić information content (AvgIpc) is 2.52. The number of hydrogen-bond acceptors (Lipinski definition) is 9. The number of carbonyl (C=O) groups is 2. The average molecular weight is 357 g/mol. The number of hydrogen-bond donors (Lipinski definition) is 4. The second-order valence-corrected chi connectivity index (χ2v) is 5.65. The number of aliphatic hydroxyl groups is 2. The molecule has 0 aliphatic heterocycles. The van der Waals surface area contributed by atoms with Crippen LogP contribution in [0.1, 0.15) is 20.8 Å². The largest absolute Gasteiger partial charge is 0.461 e. The highest BCUT2D eigenvalue weighted by Crippen LogP contribution is 2.10. The van der Waals surface area contributed by atoms with Crippen molar-refractivity contribution in [3.63, 3.8) is 0 Å². The molecule has 25 heavy (non-hydrogen) atoms. The standard InChI is InChI=1S/C14H24BN3O7/c1-9(18(4)6-5-11(17-23)16-8-19)25-10(12(15)20)7-24-13(21)14(2,3)22/h5-6,8-10,12,20,22-23H,7H2,1-4H3,(H,16,17,19)/b6-5-. The molecule has 3 unspecified atom stereocenters. The lowest BCUT2D eigenvalue weighted by Gasteiger charge is -2.30. The second kappa shape index (κ2) is 10.7. The molecule has 0 heterocycles. The van der Waals surface area contributed by atoms with Crippen LogP contribution in [-0.2, 0) is 19.1 Å². The molecule has 0 aliphatic rings. The summed E-state index contributed by atoms with van der Waals surface area (Å²) in [5, 5.41) is 32.7. The number of amides is 1. The molecule has 0 aromatic heterocycles. The van der Waals surface area contributed by atoms with E-state index >= 15 is 0 Å². The number of nitrogens with one attached hydrogen (secondary N) is 1. The lowest BCUT2D eigenvalue weighted by molar-refractivity contribution is -0.172. The van der Waals surface area contributed by atoms with E-state index in [1.807, 2.05) is 0 Å². The number of esters is 1. The van der Waals surface area contributed by atoms with Gasteiger partial charge in [0.1, 0.15) is 26.8 Å². The number of aliphatic hydroxyl groups excluding tert-OH is 1. The Morgan fingerprint density at radius 1 is 1.48 bits per heavy atom. The number of ether oxygens (including phenoxy) is 2. The van der Waals surface area contributed by atoms with Crippen molar-refractivity contribution < 1.29 is 34.5 Å². The lowest BCUT2D eigenvalue weighted by Crippen LogP contribution is -2.43. The molecule has 2 radical (unpaired) electrons. The second-order valence-electron chi connectivity index (χ2n) is 5.65. The van der Waals surface area contributed by atoms with Gasteiger partial charge in [0.25, 0.3) is 0 Å². The van der Waals surface area contributed by atoms with Gasteiger partial charge in [-0.25, -0.2) is 4.79 Å².